The third kappa shape index (κ3) is 4.21. The van der Waals surface area contributed by atoms with Gasteiger partial charge < -0.3 is 10.6 Å². The second-order valence-corrected chi connectivity index (χ2v) is 6.63. The van der Waals surface area contributed by atoms with Crippen LogP contribution in [0.2, 0.25) is 5.02 Å². The van der Waals surface area contributed by atoms with Gasteiger partial charge in [0.1, 0.15) is 5.82 Å². The number of nitrogens with one attached hydrogen (secondary N) is 2. The Balaban J connectivity index is 2.06. The van der Waals surface area contributed by atoms with Crippen molar-refractivity contribution in [1.82, 2.24) is 4.98 Å². The molecule has 1 amide bonds. The number of nitrogens with zero attached hydrogens (tertiary/aromatic N) is 1. The van der Waals surface area contributed by atoms with Crippen molar-refractivity contribution in [3.8, 4) is 0 Å². The first kappa shape index (κ1) is 16.3. The largest absolute Gasteiger partial charge is 0.340 e. The Morgan fingerprint density at radius 2 is 1.82 bits per heavy atom. The van der Waals surface area contributed by atoms with Crippen LogP contribution in [0.25, 0.3) is 0 Å². The molecule has 2 aromatic rings. The maximum atomic E-state index is 11.9. The van der Waals surface area contributed by atoms with Gasteiger partial charge >= 0.3 is 0 Å². The predicted molar refractivity (Wildman–Crippen MR) is 91.8 cm³/mol. The molecule has 0 radical (unpaired) electrons. The Morgan fingerprint density at radius 3 is 2.36 bits per heavy atom. The molecule has 0 fully saturated rings. The minimum absolute atomic E-state index is 0.0414. The minimum atomic E-state index is -0.435. The first-order valence-electron chi connectivity index (χ1n) is 7.06. The zero-order valence-electron chi connectivity index (χ0n) is 13.2. The van der Waals surface area contributed by atoms with Crippen LogP contribution in [0, 0.1) is 12.3 Å². The van der Waals surface area contributed by atoms with E-state index in [1.807, 2.05) is 58.0 Å². The topological polar surface area (TPSA) is 54.0 Å². The van der Waals surface area contributed by atoms with E-state index in [-0.39, 0.29) is 5.91 Å². The SMILES string of the molecule is Cc1ccc(Nc2ccc(NC(=O)C(C)(C)C)cn2)cc1Cl. The molecule has 0 aliphatic carbocycles. The molecule has 5 heteroatoms. The molecule has 1 heterocycles. The van der Waals surface area contributed by atoms with Crippen molar-refractivity contribution in [1.29, 1.82) is 0 Å². The van der Waals surface area contributed by atoms with E-state index in [4.69, 9.17) is 11.6 Å². The molecule has 0 bridgehead atoms. The molecule has 0 saturated carbocycles. The number of halogens is 1. The molecule has 0 spiro atoms. The number of aromatic nitrogens is 1. The first-order valence-corrected chi connectivity index (χ1v) is 7.44. The highest BCUT2D eigenvalue weighted by Gasteiger charge is 2.21. The summed E-state index contributed by atoms with van der Waals surface area (Å²) in [5.74, 6) is 0.647. The average molecular weight is 318 g/mol. The first-order chi connectivity index (χ1) is 10.3. The van der Waals surface area contributed by atoms with E-state index in [9.17, 15) is 4.79 Å². The van der Waals surface area contributed by atoms with Gasteiger partial charge in [-0.1, -0.05) is 38.4 Å². The van der Waals surface area contributed by atoms with E-state index in [1.165, 1.54) is 0 Å². The van der Waals surface area contributed by atoms with Crippen LogP contribution in [0.15, 0.2) is 36.5 Å². The summed E-state index contributed by atoms with van der Waals surface area (Å²) in [7, 11) is 0. The molecule has 0 unspecified atom stereocenters. The van der Waals surface area contributed by atoms with Gasteiger partial charge in [0.05, 0.1) is 11.9 Å². The zero-order valence-corrected chi connectivity index (χ0v) is 14.0. The lowest BCUT2D eigenvalue weighted by atomic mass is 9.96. The average Bonchev–Trinajstić information content (AvgIpc) is 2.44. The molecule has 0 saturated heterocycles. The number of rotatable bonds is 3. The number of hydrogen-bond donors (Lipinski definition) is 2. The standard InChI is InChI=1S/C17H20ClN3O/c1-11-5-6-12(9-14(11)18)20-15-8-7-13(10-19-15)21-16(22)17(2,3)4/h5-10H,1-4H3,(H,19,20)(H,21,22). The van der Waals surface area contributed by atoms with Gasteiger partial charge in [-0.05, 0) is 36.8 Å². The quantitative estimate of drug-likeness (QED) is 0.857. The lowest BCUT2D eigenvalue weighted by Crippen LogP contribution is -2.27. The zero-order chi connectivity index (χ0) is 16.3. The summed E-state index contributed by atoms with van der Waals surface area (Å²) in [6, 6.07) is 9.37. The fourth-order valence-electron chi connectivity index (χ4n) is 1.68. The number of benzene rings is 1. The highest BCUT2D eigenvalue weighted by atomic mass is 35.5. The second-order valence-electron chi connectivity index (χ2n) is 6.23. The van der Waals surface area contributed by atoms with Gasteiger partial charge in [-0.2, -0.15) is 0 Å². The number of amides is 1. The normalized spacial score (nSPS) is 11.1. The van der Waals surface area contributed by atoms with E-state index >= 15 is 0 Å². The third-order valence-electron chi connectivity index (χ3n) is 3.15. The molecule has 0 aliphatic rings. The van der Waals surface area contributed by atoms with Crippen LogP contribution in [0.5, 0.6) is 0 Å². The summed E-state index contributed by atoms with van der Waals surface area (Å²) in [6.07, 6.45) is 1.63. The summed E-state index contributed by atoms with van der Waals surface area (Å²) in [5.41, 5.74) is 2.14. The van der Waals surface area contributed by atoms with E-state index < -0.39 is 5.41 Å². The van der Waals surface area contributed by atoms with Crippen molar-refractivity contribution < 1.29 is 4.79 Å². The molecule has 2 rings (SSSR count). The Bertz CT molecular complexity index is 675. The molecular weight excluding hydrogens is 298 g/mol. The van der Waals surface area contributed by atoms with Crippen molar-refractivity contribution in [2.24, 2.45) is 5.41 Å². The van der Waals surface area contributed by atoms with Gasteiger partial charge in [-0.15, -0.1) is 0 Å². The van der Waals surface area contributed by atoms with E-state index in [2.05, 4.69) is 15.6 Å². The molecule has 0 aliphatic heterocycles. The highest BCUT2D eigenvalue weighted by molar-refractivity contribution is 6.31. The van der Waals surface area contributed by atoms with Crippen LogP contribution in [0.1, 0.15) is 26.3 Å². The summed E-state index contributed by atoms with van der Waals surface area (Å²) in [5, 5.41) is 6.72. The lowest BCUT2D eigenvalue weighted by molar-refractivity contribution is -0.123. The van der Waals surface area contributed by atoms with E-state index in [0.29, 0.717) is 16.5 Å². The number of anilines is 3. The van der Waals surface area contributed by atoms with Gasteiger partial charge in [0.25, 0.3) is 0 Å². The Labute approximate surface area is 135 Å². The minimum Gasteiger partial charge on any atom is -0.340 e. The molecule has 116 valence electrons. The number of carbonyl (C=O) groups excluding carboxylic acids is 1. The molecule has 1 aromatic heterocycles. The van der Waals surface area contributed by atoms with Crippen LogP contribution in [-0.2, 0) is 4.79 Å². The van der Waals surface area contributed by atoms with Crippen molar-refractivity contribution >= 4 is 34.7 Å². The highest BCUT2D eigenvalue weighted by Crippen LogP contribution is 2.23. The van der Waals surface area contributed by atoms with Crippen LogP contribution >= 0.6 is 11.6 Å². The summed E-state index contributed by atoms with van der Waals surface area (Å²) >= 11 is 6.10. The van der Waals surface area contributed by atoms with Gasteiger partial charge in [-0.25, -0.2) is 4.98 Å². The van der Waals surface area contributed by atoms with Crippen LogP contribution in [0.4, 0.5) is 17.2 Å². The summed E-state index contributed by atoms with van der Waals surface area (Å²) in [6.45, 7) is 7.56. The molecule has 0 atom stereocenters. The molecule has 4 nitrogen and oxygen atoms in total. The van der Waals surface area contributed by atoms with Crippen LogP contribution in [0.3, 0.4) is 0 Å². The van der Waals surface area contributed by atoms with E-state index in [0.717, 1.165) is 11.3 Å². The fourth-order valence-corrected chi connectivity index (χ4v) is 1.86. The number of aryl methyl sites for hydroxylation is 1. The number of hydrogen-bond acceptors (Lipinski definition) is 3. The Kier molecular flexibility index (Phi) is 4.71. The van der Waals surface area contributed by atoms with E-state index in [1.54, 1.807) is 6.20 Å². The second kappa shape index (κ2) is 6.36. The van der Waals surface area contributed by atoms with Crippen LogP contribution in [-0.4, -0.2) is 10.9 Å². The van der Waals surface area contributed by atoms with Gasteiger partial charge in [-0.3, -0.25) is 4.79 Å². The Morgan fingerprint density at radius 1 is 1.14 bits per heavy atom. The van der Waals surface area contributed by atoms with Crippen molar-refractivity contribution in [2.75, 3.05) is 10.6 Å². The lowest BCUT2D eigenvalue weighted by Gasteiger charge is -2.17. The monoisotopic (exact) mass is 317 g/mol. The summed E-state index contributed by atoms with van der Waals surface area (Å²) in [4.78, 5) is 16.2. The summed E-state index contributed by atoms with van der Waals surface area (Å²) < 4.78 is 0. The predicted octanol–water partition coefficient (Wildman–Crippen LogP) is 4.77. The maximum Gasteiger partial charge on any atom is 0.229 e. The Hall–Kier alpha value is -2.07. The van der Waals surface area contributed by atoms with Crippen molar-refractivity contribution in [3.05, 3.63) is 47.1 Å². The van der Waals surface area contributed by atoms with Gasteiger partial charge in [0, 0.05) is 16.1 Å². The number of carbonyl (C=O) groups is 1. The van der Waals surface area contributed by atoms with Crippen LogP contribution < -0.4 is 10.6 Å². The van der Waals surface area contributed by atoms with Gasteiger partial charge in [0.15, 0.2) is 0 Å². The molecule has 1 aromatic carbocycles. The fraction of sp³-hybridized carbons (Fsp3) is 0.294. The third-order valence-corrected chi connectivity index (χ3v) is 3.55. The number of pyridine rings is 1. The van der Waals surface area contributed by atoms with Crippen molar-refractivity contribution in [2.45, 2.75) is 27.7 Å². The van der Waals surface area contributed by atoms with Gasteiger partial charge in [0.2, 0.25) is 5.91 Å². The maximum absolute atomic E-state index is 11.9. The molecular formula is C17H20ClN3O. The smallest absolute Gasteiger partial charge is 0.229 e. The molecule has 2 N–H and O–H groups in total. The molecule has 22 heavy (non-hydrogen) atoms. The van der Waals surface area contributed by atoms with Crippen molar-refractivity contribution in [3.63, 3.8) is 0 Å².